The molecule has 1 heterocycles. The van der Waals surface area contributed by atoms with Crippen LogP contribution in [-0.2, 0) is 10.0 Å². The lowest BCUT2D eigenvalue weighted by Crippen LogP contribution is -2.14. The molecule has 0 aliphatic heterocycles. The molecule has 0 saturated heterocycles. The molecule has 0 fully saturated rings. The van der Waals surface area contributed by atoms with Crippen molar-refractivity contribution in [2.45, 2.75) is 11.8 Å². The van der Waals surface area contributed by atoms with E-state index in [1.165, 1.54) is 18.2 Å². The minimum Gasteiger partial charge on any atom is -0.475 e. The minimum absolute atomic E-state index is 0.245. The Balaban J connectivity index is 2.41. The number of benzene rings is 1. The van der Waals surface area contributed by atoms with Crippen LogP contribution in [0.2, 0.25) is 0 Å². The lowest BCUT2D eigenvalue weighted by Gasteiger charge is -2.08. The maximum atomic E-state index is 13.7. The van der Waals surface area contributed by atoms with Crippen LogP contribution in [0.4, 0.5) is 10.1 Å². The Morgan fingerprint density at radius 2 is 2.05 bits per heavy atom. The number of halogens is 2. The van der Waals surface area contributed by atoms with Crippen LogP contribution in [0.25, 0.3) is 0 Å². The summed E-state index contributed by atoms with van der Waals surface area (Å²) in [6.45, 7) is 1.66. The first kappa shape index (κ1) is 15.5. The van der Waals surface area contributed by atoms with Gasteiger partial charge < -0.3 is 9.52 Å². The van der Waals surface area contributed by atoms with Gasteiger partial charge in [0.1, 0.15) is 10.7 Å². The van der Waals surface area contributed by atoms with Crippen molar-refractivity contribution in [3.05, 3.63) is 46.1 Å². The average molecular weight is 378 g/mol. The molecular weight excluding hydrogens is 369 g/mol. The van der Waals surface area contributed by atoms with Crippen LogP contribution in [-0.4, -0.2) is 19.5 Å². The summed E-state index contributed by atoms with van der Waals surface area (Å²) in [5, 5.41) is 8.76. The van der Waals surface area contributed by atoms with Gasteiger partial charge in [-0.05, 0) is 40.5 Å². The normalized spacial score (nSPS) is 11.4. The molecular formula is C12H9BrFNO5S. The first-order valence-electron chi connectivity index (χ1n) is 5.52. The Bertz CT molecular complexity index is 815. The number of hydrogen-bond acceptors (Lipinski definition) is 4. The molecule has 0 spiro atoms. The van der Waals surface area contributed by atoms with Gasteiger partial charge in [0.15, 0.2) is 4.67 Å². The van der Waals surface area contributed by atoms with Gasteiger partial charge in [-0.1, -0.05) is 6.07 Å². The number of carboxylic acids is 1. The highest BCUT2D eigenvalue weighted by Crippen LogP contribution is 2.28. The molecule has 0 amide bonds. The van der Waals surface area contributed by atoms with E-state index in [1.807, 2.05) is 4.72 Å². The molecule has 112 valence electrons. The standard InChI is InChI=1S/C12H9BrFNO5S/c1-6-2-3-8(7(14)4-6)15-21(18,19)10-5-9(12(16)17)20-11(10)13/h2-5,15H,1H3,(H,16,17). The van der Waals surface area contributed by atoms with Gasteiger partial charge in [-0.25, -0.2) is 17.6 Å². The average Bonchev–Trinajstić information content (AvgIpc) is 2.76. The zero-order valence-corrected chi connectivity index (χ0v) is 13.0. The van der Waals surface area contributed by atoms with Crippen molar-refractivity contribution in [3.8, 4) is 0 Å². The largest absolute Gasteiger partial charge is 0.475 e. The fourth-order valence-corrected chi connectivity index (χ4v) is 3.55. The van der Waals surface area contributed by atoms with Crippen LogP contribution in [0.15, 0.2) is 38.2 Å². The highest BCUT2D eigenvalue weighted by molar-refractivity contribution is 9.10. The molecule has 9 heteroatoms. The smallest absolute Gasteiger partial charge is 0.371 e. The molecule has 0 unspecified atom stereocenters. The number of hydrogen-bond donors (Lipinski definition) is 2. The van der Waals surface area contributed by atoms with Crippen molar-refractivity contribution in [1.29, 1.82) is 0 Å². The van der Waals surface area contributed by atoms with Crippen molar-refractivity contribution in [2.24, 2.45) is 0 Å². The maximum Gasteiger partial charge on any atom is 0.371 e. The second-order valence-corrected chi connectivity index (χ2v) is 6.51. The van der Waals surface area contributed by atoms with E-state index in [9.17, 15) is 17.6 Å². The van der Waals surface area contributed by atoms with Gasteiger partial charge in [-0.2, -0.15) is 0 Å². The van der Waals surface area contributed by atoms with E-state index >= 15 is 0 Å². The number of sulfonamides is 1. The summed E-state index contributed by atoms with van der Waals surface area (Å²) < 4.78 is 44.5. The van der Waals surface area contributed by atoms with E-state index in [-0.39, 0.29) is 10.4 Å². The van der Waals surface area contributed by atoms with Crippen molar-refractivity contribution in [1.82, 2.24) is 0 Å². The highest BCUT2D eigenvalue weighted by Gasteiger charge is 2.25. The monoisotopic (exact) mass is 377 g/mol. The van der Waals surface area contributed by atoms with Crippen molar-refractivity contribution in [2.75, 3.05) is 4.72 Å². The van der Waals surface area contributed by atoms with Crippen molar-refractivity contribution >= 4 is 37.6 Å². The third-order valence-electron chi connectivity index (χ3n) is 2.52. The quantitative estimate of drug-likeness (QED) is 0.853. The van der Waals surface area contributed by atoms with E-state index in [4.69, 9.17) is 9.52 Å². The van der Waals surface area contributed by atoms with Crippen LogP contribution >= 0.6 is 15.9 Å². The van der Waals surface area contributed by atoms with Crippen LogP contribution in [0.1, 0.15) is 16.1 Å². The molecule has 0 atom stereocenters. The van der Waals surface area contributed by atoms with Gasteiger partial charge in [0.2, 0.25) is 5.76 Å². The summed E-state index contributed by atoms with van der Waals surface area (Å²) >= 11 is 2.82. The lowest BCUT2D eigenvalue weighted by atomic mass is 10.2. The minimum atomic E-state index is -4.19. The third kappa shape index (κ3) is 3.24. The zero-order chi connectivity index (χ0) is 15.8. The molecule has 0 radical (unpaired) electrons. The molecule has 1 aromatic heterocycles. The number of aryl methyl sites for hydroxylation is 1. The van der Waals surface area contributed by atoms with Crippen LogP contribution in [0.3, 0.4) is 0 Å². The Morgan fingerprint density at radius 1 is 1.38 bits per heavy atom. The first-order chi connectivity index (χ1) is 9.70. The van der Waals surface area contributed by atoms with E-state index in [2.05, 4.69) is 15.9 Å². The van der Waals surface area contributed by atoms with Gasteiger partial charge in [-0.3, -0.25) is 4.72 Å². The van der Waals surface area contributed by atoms with E-state index in [1.54, 1.807) is 6.92 Å². The molecule has 6 nitrogen and oxygen atoms in total. The predicted octanol–water partition coefficient (Wildman–Crippen LogP) is 2.99. The number of aromatic carboxylic acids is 1. The molecule has 1 aromatic carbocycles. The summed E-state index contributed by atoms with van der Waals surface area (Å²) in [7, 11) is -4.19. The Morgan fingerprint density at radius 3 is 2.57 bits per heavy atom. The number of nitrogens with one attached hydrogen (secondary N) is 1. The topological polar surface area (TPSA) is 96.6 Å². The lowest BCUT2D eigenvalue weighted by molar-refractivity contribution is 0.0661. The summed E-state index contributed by atoms with van der Waals surface area (Å²) in [4.78, 5) is 10.3. The van der Waals surface area contributed by atoms with Crippen LogP contribution in [0.5, 0.6) is 0 Å². The zero-order valence-electron chi connectivity index (χ0n) is 10.6. The molecule has 0 bridgehead atoms. The van der Waals surface area contributed by atoms with Crippen LogP contribution in [0, 0.1) is 12.7 Å². The Labute approximate surface area is 127 Å². The van der Waals surface area contributed by atoms with Gasteiger partial charge in [0.25, 0.3) is 10.0 Å². The van der Waals surface area contributed by atoms with Crippen molar-refractivity contribution in [3.63, 3.8) is 0 Å². The molecule has 2 rings (SSSR count). The first-order valence-corrected chi connectivity index (χ1v) is 7.80. The fourth-order valence-electron chi connectivity index (χ4n) is 1.54. The van der Waals surface area contributed by atoms with Gasteiger partial charge in [0, 0.05) is 6.07 Å². The molecule has 0 aliphatic rings. The Hall–Kier alpha value is -1.87. The van der Waals surface area contributed by atoms with Gasteiger partial charge in [-0.15, -0.1) is 0 Å². The summed E-state index contributed by atoms with van der Waals surface area (Å²) in [6, 6.07) is 4.81. The third-order valence-corrected chi connectivity index (χ3v) is 4.75. The number of carboxylic acid groups (broad SMARTS) is 1. The predicted molar refractivity (Wildman–Crippen MR) is 75.3 cm³/mol. The van der Waals surface area contributed by atoms with E-state index in [0.29, 0.717) is 5.56 Å². The Kier molecular flexibility index (Phi) is 4.06. The molecule has 2 N–H and O–H groups in total. The number of anilines is 1. The number of rotatable bonds is 4. The summed E-state index contributed by atoms with van der Waals surface area (Å²) in [5.41, 5.74) is 0.388. The fraction of sp³-hybridized carbons (Fsp3) is 0.0833. The SMILES string of the molecule is Cc1ccc(NS(=O)(=O)c2cc(C(=O)O)oc2Br)c(F)c1. The maximum absolute atomic E-state index is 13.7. The molecule has 21 heavy (non-hydrogen) atoms. The highest BCUT2D eigenvalue weighted by atomic mass is 79.9. The van der Waals surface area contributed by atoms with E-state index in [0.717, 1.165) is 6.07 Å². The van der Waals surface area contributed by atoms with Crippen molar-refractivity contribution < 1.29 is 27.1 Å². The second kappa shape index (κ2) is 5.49. The van der Waals surface area contributed by atoms with Crippen LogP contribution < -0.4 is 4.72 Å². The van der Waals surface area contributed by atoms with Gasteiger partial charge >= 0.3 is 5.97 Å². The van der Waals surface area contributed by atoms with Gasteiger partial charge in [0.05, 0.1) is 5.69 Å². The molecule has 2 aromatic rings. The summed E-state index contributed by atoms with van der Waals surface area (Å²) in [5.74, 6) is -2.71. The molecule has 0 aliphatic carbocycles. The number of carbonyl (C=O) groups is 1. The molecule has 0 saturated carbocycles. The van der Waals surface area contributed by atoms with E-state index < -0.39 is 32.5 Å². The summed E-state index contributed by atoms with van der Waals surface area (Å²) in [6.07, 6.45) is 0. The number of furan rings is 1. The second-order valence-electron chi connectivity index (χ2n) is 4.14.